The summed E-state index contributed by atoms with van der Waals surface area (Å²) in [6, 6.07) is 7.88. The van der Waals surface area contributed by atoms with Crippen molar-refractivity contribution in [3.8, 4) is 5.69 Å². The van der Waals surface area contributed by atoms with Gasteiger partial charge in [0.15, 0.2) is 5.82 Å². The SMILES string of the molecule is Cc1ccc(/C=C/C(=O)Nc2ccc(-n3cncn3)c(F)c2)o1. The van der Waals surface area contributed by atoms with Crippen LogP contribution in [-0.2, 0) is 4.79 Å². The van der Waals surface area contributed by atoms with Crippen molar-refractivity contribution in [1.82, 2.24) is 14.8 Å². The number of hydrogen-bond donors (Lipinski definition) is 1. The Hall–Kier alpha value is -3.22. The molecule has 0 aliphatic rings. The lowest BCUT2D eigenvalue weighted by atomic mass is 10.2. The Morgan fingerprint density at radius 3 is 2.87 bits per heavy atom. The van der Waals surface area contributed by atoms with Gasteiger partial charge in [-0.1, -0.05) is 0 Å². The van der Waals surface area contributed by atoms with Crippen LogP contribution >= 0.6 is 0 Å². The molecule has 1 N–H and O–H groups in total. The van der Waals surface area contributed by atoms with Crippen LogP contribution < -0.4 is 5.32 Å². The normalized spacial score (nSPS) is 11.0. The number of aromatic nitrogens is 3. The third-order valence-corrected chi connectivity index (χ3v) is 3.04. The van der Waals surface area contributed by atoms with E-state index in [1.807, 2.05) is 6.92 Å². The van der Waals surface area contributed by atoms with Gasteiger partial charge in [-0.3, -0.25) is 4.79 Å². The van der Waals surface area contributed by atoms with E-state index in [1.165, 1.54) is 35.5 Å². The molecule has 3 rings (SSSR count). The molecule has 0 aliphatic carbocycles. The summed E-state index contributed by atoms with van der Waals surface area (Å²) in [5.74, 6) is 0.437. The number of furan rings is 1. The number of carbonyl (C=O) groups is 1. The van der Waals surface area contributed by atoms with Gasteiger partial charge in [0, 0.05) is 11.8 Å². The van der Waals surface area contributed by atoms with Crippen LogP contribution in [0.3, 0.4) is 0 Å². The smallest absolute Gasteiger partial charge is 0.248 e. The van der Waals surface area contributed by atoms with E-state index in [2.05, 4.69) is 15.4 Å². The molecule has 1 aromatic carbocycles. The van der Waals surface area contributed by atoms with Crippen LogP contribution in [0, 0.1) is 12.7 Å². The third kappa shape index (κ3) is 3.52. The molecule has 2 aromatic heterocycles. The Bertz CT molecular complexity index is 853. The second kappa shape index (κ2) is 6.27. The highest BCUT2D eigenvalue weighted by atomic mass is 19.1. The van der Waals surface area contributed by atoms with Gasteiger partial charge in [-0.2, -0.15) is 5.10 Å². The van der Waals surface area contributed by atoms with Crippen LogP contribution in [0.1, 0.15) is 11.5 Å². The zero-order valence-electron chi connectivity index (χ0n) is 12.2. The van der Waals surface area contributed by atoms with Crippen molar-refractivity contribution >= 4 is 17.7 Å². The number of halogens is 1. The molecule has 0 saturated carbocycles. The molecule has 2 heterocycles. The molecule has 0 unspecified atom stereocenters. The molecule has 0 atom stereocenters. The molecule has 0 saturated heterocycles. The maximum atomic E-state index is 14.0. The molecular weight excluding hydrogens is 299 g/mol. The maximum Gasteiger partial charge on any atom is 0.248 e. The minimum absolute atomic E-state index is 0.252. The molecule has 0 fully saturated rings. The van der Waals surface area contributed by atoms with Gasteiger partial charge in [0.05, 0.1) is 0 Å². The largest absolute Gasteiger partial charge is 0.462 e. The van der Waals surface area contributed by atoms with Crippen LogP contribution in [0.15, 0.2) is 53.5 Å². The second-order valence-electron chi connectivity index (χ2n) is 4.78. The predicted molar refractivity (Wildman–Crippen MR) is 82.4 cm³/mol. The molecule has 6 nitrogen and oxygen atoms in total. The van der Waals surface area contributed by atoms with Crippen molar-refractivity contribution in [2.75, 3.05) is 5.32 Å². The number of amides is 1. The Morgan fingerprint density at radius 1 is 1.35 bits per heavy atom. The number of hydrogen-bond acceptors (Lipinski definition) is 4. The molecule has 1 amide bonds. The first-order valence-electron chi connectivity index (χ1n) is 6.82. The van der Waals surface area contributed by atoms with Crippen molar-refractivity contribution in [3.05, 3.63) is 66.4 Å². The monoisotopic (exact) mass is 312 g/mol. The van der Waals surface area contributed by atoms with Crippen molar-refractivity contribution in [3.63, 3.8) is 0 Å². The molecule has 3 aromatic rings. The first-order valence-corrected chi connectivity index (χ1v) is 6.82. The molecule has 23 heavy (non-hydrogen) atoms. The summed E-state index contributed by atoms with van der Waals surface area (Å²) in [6.45, 7) is 1.82. The Morgan fingerprint density at radius 2 is 2.22 bits per heavy atom. The fourth-order valence-corrected chi connectivity index (χ4v) is 1.99. The standard InChI is InChI=1S/C16H13FN4O2/c1-11-2-4-13(23-11)5-7-16(22)20-12-3-6-15(14(17)8-12)21-10-18-9-19-21/h2-10H,1H3,(H,20,22)/b7-5+. The van der Waals surface area contributed by atoms with E-state index in [4.69, 9.17) is 4.42 Å². The van der Waals surface area contributed by atoms with Gasteiger partial charge in [-0.15, -0.1) is 0 Å². The first-order chi connectivity index (χ1) is 11.1. The highest BCUT2D eigenvalue weighted by Crippen LogP contribution is 2.17. The molecule has 0 aliphatic heterocycles. The van der Waals surface area contributed by atoms with Gasteiger partial charge in [0.1, 0.15) is 29.9 Å². The average molecular weight is 312 g/mol. The van der Waals surface area contributed by atoms with Gasteiger partial charge in [-0.05, 0) is 43.3 Å². The summed E-state index contributed by atoms with van der Waals surface area (Å²) in [7, 11) is 0. The van der Waals surface area contributed by atoms with E-state index < -0.39 is 5.82 Å². The van der Waals surface area contributed by atoms with Crippen molar-refractivity contribution in [2.24, 2.45) is 0 Å². The number of nitrogens with one attached hydrogen (secondary N) is 1. The second-order valence-corrected chi connectivity index (χ2v) is 4.78. The summed E-state index contributed by atoms with van der Waals surface area (Å²) in [5.41, 5.74) is 0.596. The first kappa shape index (κ1) is 14.7. The highest BCUT2D eigenvalue weighted by molar-refractivity contribution is 6.01. The van der Waals surface area contributed by atoms with Gasteiger partial charge in [0.2, 0.25) is 5.91 Å². The number of rotatable bonds is 4. The van der Waals surface area contributed by atoms with Gasteiger partial charge >= 0.3 is 0 Å². The molecule has 7 heteroatoms. The lowest BCUT2D eigenvalue weighted by Gasteiger charge is -2.06. The average Bonchev–Trinajstić information content (AvgIpc) is 3.17. The molecule has 0 radical (unpaired) electrons. The number of carbonyl (C=O) groups excluding carboxylic acids is 1. The van der Waals surface area contributed by atoms with E-state index in [9.17, 15) is 9.18 Å². The summed E-state index contributed by atoms with van der Waals surface area (Å²) >= 11 is 0. The third-order valence-electron chi connectivity index (χ3n) is 3.04. The van der Waals surface area contributed by atoms with Gasteiger partial charge < -0.3 is 9.73 Å². The maximum absolute atomic E-state index is 14.0. The summed E-state index contributed by atoms with van der Waals surface area (Å²) < 4.78 is 20.7. The van der Waals surface area contributed by atoms with E-state index >= 15 is 0 Å². The predicted octanol–water partition coefficient (Wildman–Crippen LogP) is 2.96. The lowest BCUT2D eigenvalue weighted by Crippen LogP contribution is -2.08. The molecule has 116 valence electrons. The van der Waals surface area contributed by atoms with Gasteiger partial charge in [0.25, 0.3) is 0 Å². The number of aryl methyl sites for hydroxylation is 1. The minimum Gasteiger partial charge on any atom is -0.462 e. The number of benzene rings is 1. The summed E-state index contributed by atoms with van der Waals surface area (Å²) in [5, 5.41) is 6.44. The van der Waals surface area contributed by atoms with E-state index in [1.54, 1.807) is 24.3 Å². The number of nitrogens with zero attached hydrogens (tertiary/aromatic N) is 3. The lowest BCUT2D eigenvalue weighted by molar-refractivity contribution is -0.111. The Kier molecular flexibility index (Phi) is 4.01. The topological polar surface area (TPSA) is 73.0 Å². The molecular formula is C16H13FN4O2. The van der Waals surface area contributed by atoms with Crippen LogP contribution in [0.25, 0.3) is 11.8 Å². The highest BCUT2D eigenvalue weighted by Gasteiger charge is 2.07. The fourth-order valence-electron chi connectivity index (χ4n) is 1.99. The van der Waals surface area contributed by atoms with Crippen molar-refractivity contribution < 1.29 is 13.6 Å². The zero-order chi connectivity index (χ0) is 16.2. The molecule has 0 spiro atoms. The summed E-state index contributed by atoms with van der Waals surface area (Å²) in [6.07, 6.45) is 5.57. The van der Waals surface area contributed by atoms with Crippen LogP contribution in [-0.4, -0.2) is 20.7 Å². The minimum atomic E-state index is -0.515. The quantitative estimate of drug-likeness (QED) is 0.752. The Balaban J connectivity index is 1.69. The van der Waals surface area contributed by atoms with Crippen LogP contribution in [0.2, 0.25) is 0 Å². The van der Waals surface area contributed by atoms with Crippen molar-refractivity contribution in [2.45, 2.75) is 6.92 Å². The van der Waals surface area contributed by atoms with E-state index in [0.29, 0.717) is 11.4 Å². The Labute approximate surface area is 131 Å². The van der Waals surface area contributed by atoms with Crippen molar-refractivity contribution in [1.29, 1.82) is 0 Å². The van der Waals surface area contributed by atoms with Gasteiger partial charge in [-0.25, -0.2) is 14.1 Å². The number of anilines is 1. The fraction of sp³-hybridized carbons (Fsp3) is 0.0625. The van der Waals surface area contributed by atoms with E-state index in [0.717, 1.165) is 5.76 Å². The van der Waals surface area contributed by atoms with E-state index in [-0.39, 0.29) is 11.6 Å². The molecule has 0 bridgehead atoms. The van der Waals surface area contributed by atoms with Crippen LogP contribution in [0.5, 0.6) is 0 Å². The zero-order valence-corrected chi connectivity index (χ0v) is 12.2. The summed E-state index contributed by atoms with van der Waals surface area (Å²) in [4.78, 5) is 15.6. The van der Waals surface area contributed by atoms with Crippen LogP contribution in [0.4, 0.5) is 10.1 Å².